The zero-order chi connectivity index (χ0) is 12.3. The molecule has 0 saturated heterocycles. The molecule has 0 fully saturated rings. The highest BCUT2D eigenvalue weighted by molar-refractivity contribution is 9.10. The third kappa shape index (κ3) is 3.39. The van der Waals surface area contributed by atoms with Crippen molar-refractivity contribution in [3.63, 3.8) is 0 Å². The quantitative estimate of drug-likeness (QED) is 0.406. The van der Waals surface area contributed by atoms with Crippen LogP contribution in [0.4, 0.5) is 5.69 Å². The van der Waals surface area contributed by atoms with E-state index in [1.54, 1.807) is 12.1 Å². The van der Waals surface area contributed by atoms with Crippen LogP contribution in [0.25, 0.3) is 0 Å². The first kappa shape index (κ1) is 12.8. The Morgan fingerprint density at radius 2 is 2.06 bits per heavy atom. The van der Waals surface area contributed by atoms with Crippen molar-refractivity contribution in [2.45, 2.75) is 6.92 Å². The van der Waals surface area contributed by atoms with E-state index in [0.717, 1.165) is 10.0 Å². The molecule has 0 spiro atoms. The van der Waals surface area contributed by atoms with E-state index in [-0.39, 0.29) is 11.9 Å². The van der Waals surface area contributed by atoms with Crippen LogP contribution in [0.15, 0.2) is 16.6 Å². The Balaban J connectivity index is 2.85. The van der Waals surface area contributed by atoms with Crippen LogP contribution in [-0.2, 0) is 0 Å². The second kappa shape index (κ2) is 5.18. The number of aryl methyl sites for hydroxylation is 1. The smallest absolute Gasteiger partial charge is 0.199 e. The largest absolute Gasteiger partial charge is 0.370 e. The fourth-order valence-corrected chi connectivity index (χ4v) is 1.65. The van der Waals surface area contributed by atoms with Crippen LogP contribution in [0.2, 0.25) is 5.02 Å². The first-order chi connectivity index (χ1) is 7.40. The highest BCUT2D eigenvalue weighted by Crippen LogP contribution is 2.28. The lowest BCUT2D eigenvalue weighted by Crippen LogP contribution is -2.39. The van der Waals surface area contributed by atoms with Crippen LogP contribution in [-0.4, -0.2) is 11.9 Å². The lowest BCUT2D eigenvalue weighted by atomic mass is 10.2. The maximum atomic E-state index is 7.46. The Morgan fingerprint density at radius 3 is 2.62 bits per heavy atom. The molecular formula is C9H11BrClN5. The Hall–Kier alpha value is -1.27. The number of benzene rings is 1. The topological polar surface area (TPSA) is 97.8 Å². The number of halogens is 2. The average molecular weight is 305 g/mol. The maximum Gasteiger partial charge on any atom is 0.199 e. The molecule has 1 aromatic rings. The minimum atomic E-state index is -0.306. The molecule has 6 N–H and O–H groups in total. The Bertz CT molecular complexity index is 446. The summed E-state index contributed by atoms with van der Waals surface area (Å²) in [6, 6.07) is 3.53. The molecule has 0 unspecified atom stereocenters. The standard InChI is InChI=1S/C9H11BrClN5/c1-4-2-6(11)7(3-5(4)10)15-9(14)16-8(12)13/h2-3H,1H3,(H6,12,13,14,15,16). The fourth-order valence-electron chi connectivity index (χ4n) is 1.04. The number of nitrogens with one attached hydrogen (secondary N) is 4. The Kier molecular flexibility index (Phi) is 4.14. The molecule has 0 bridgehead atoms. The molecule has 86 valence electrons. The summed E-state index contributed by atoms with van der Waals surface area (Å²) in [6.07, 6.45) is 0. The number of hydrogen-bond donors (Lipinski definition) is 5. The molecular weight excluding hydrogens is 293 g/mol. The van der Waals surface area contributed by atoms with Gasteiger partial charge in [0.2, 0.25) is 0 Å². The lowest BCUT2D eigenvalue weighted by molar-refractivity contribution is 1.20. The van der Waals surface area contributed by atoms with E-state index in [0.29, 0.717) is 10.7 Å². The summed E-state index contributed by atoms with van der Waals surface area (Å²) in [5, 5.41) is 19.9. The zero-order valence-corrected chi connectivity index (χ0v) is 10.8. The molecule has 1 rings (SSSR count). The van der Waals surface area contributed by atoms with E-state index in [1.807, 2.05) is 6.92 Å². The summed E-state index contributed by atoms with van der Waals surface area (Å²) in [4.78, 5) is 0. The van der Waals surface area contributed by atoms with Crippen molar-refractivity contribution < 1.29 is 0 Å². The Morgan fingerprint density at radius 1 is 1.44 bits per heavy atom. The van der Waals surface area contributed by atoms with Crippen LogP contribution < -0.4 is 16.4 Å². The van der Waals surface area contributed by atoms with E-state index in [1.165, 1.54) is 0 Å². The molecule has 0 atom stereocenters. The first-order valence-electron chi connectivity index (χ1n) is 4.32. The molecule has 0 aliphatic heterocycles. The molecule has 0 saturated carbocycles. The van der Waals surface area contributed by atoms with Crippen molar-refractivity contribution in [2.75, 3.05) is 5.32 Å². The molecule has 5 nitrogen and oxygen atoms in total. The van der Waals surface area contributed by atoms with Gasteiger partial charge in [-0.05, 0) is 24.6 Å². The van der Waals surface area contributed by atoms with Crippen molar-refractivity contribution in [3.05, 3.63) is 27.2 Å². The van der Waals surface area contributed by atoms with Crippen LogP contribution in [0.1, 0.15) is 5.56 Å². The van der Waals surface area contributed by atoms with Crippen molar-refractivity contribution in [1.29, 1.82) is 10.8 Å². The van der Waals surface area contributed by atoms with Gasteiger partial charge in [0.15, 0.2) is 11.9 Å². The summed E-state index contributed by atoms with van der Waals surface area (Å²) in [5.74, 6) is -0.412. The van der Waals surface area contributed by atoms with Gasteiger partial charge in [-0.25, -0.2) is 0 Å². The van der Waals surface area contributed by atoms with Gasteiger partial charge in [-0.15, -0.1) is 0 Å². The fraction of sp³-hybridized carbons (Fsp3) is 0.111. The molecule has 0 heterocycles. The maximum absolute atomic E-state index is 7.46. The number of rotatable bonds is 1. The molecule has 0 aliphatic rings. The van der Waals surface area contributed by atoms with Gasteiger partial charge in [0.25, 0.3) is 0 Å². The molecule has 0 radical (unpaired) electrons. The highest BCUT2D eigenvalue weighted by Gasteiger charge is 2.06. The molecule has 1 aromatic carbocycles. The van der Waals surface area contributed by atoms with Crippen molar-refractivity contribution >= 4 is 45.1 Å². The van der Waals surface area contributed by atoms with Gasteiger partial charge in [-0.3, -0.25) is 16.1 Å². The third-order valence-corrected chi connectivity index (χ3v) is 2.93. The van der Waals surface area contributed by atoms with Crippen LogP contribution >= 0.6 is 27.5 Å². The van der Waals surface area contributed by atoms with Crippen LogP contribution in [0.5, 0.6) is 0 Å². The summed E-state index contributed by atoms with van der Waals surface area (Å²) in [6.45, 7) is 1.92. The number of hydrogen-bond acceptors (Lipinski definition) is 2. The zero-order valence-electron chi connectivity index (χ0n) is 8.49. The minimum absolute atomic E-state index is 0.106. The van der Waals surface area contributed by atoms with E-state index < -0.39 is 0 Å². The highest BCUT2D eigenvalue weighted by atomic mass is 79.9. The SMILES string of the molecule is Cc1cc(Cl)c(NC(=N)NC(=N)N)cc1Br. The molecule has 7 heteroatoms. The first-order valence-corrected chi connectivity index (χ1v) is 5.49. The summed E-state index contributed by atoms with van der Waals surface area (Å²) in [7, 11) is 0. The van der Waals surface area contributed by atoms with Gasteiger partial charge in [0.1, 0.15) is 0 Å². The van der Waals surface area contributed by atoms with Crippen LogP contribution in [0, 0.1) is 17.7 Å². The van der Waals surface area contributed by atoms with E-state index in [4.69, 9.17) is 28.2 Å². The number of anilines is 1. The molecule has 16 heavy (non-hydrogen) atoms. The molecule has 0 amide bonds. The lowest BCUT2D eigenvalue weighted by Gasteiger charge is -2.11. The second-order valence-corrected chi connectivity index (χ2v) is 4.38. The molecule has 0 aromatic heterocycles. The molecule has 0 aliphatic carbocycles. The second-order valence-electron chi connectivity index (χ2n) is 3.12. The van der Waals surface area contributed by atoms with E-state index in [9.17, 15) is 0 Å². The van der Waals surface area contributed by atoms with Gasteiger partial charge in [0.05, 0.1) is 10.7 Å². The minimum Gasteiger partial charge on any atom is -0.370 e. The Labute approximate surface area is 107 Å². The van der Waals surface area contributed by atoms with E-state index >= 15 is 0 Å². The predicted octanol–water partition coefficient (Wildman–Crippen LogP) is 2.24. The summed E-state index contributed by atoms with van der Waals surface area (Å²) in [5.41, 5.74) is 6.66. The van der Waals surface area contributed by atoms with Gasteiger partial charge >= 0.3 is 0 Å². The van der Waals surface area contributed by atoms with Gasteiger partial charge in [-0.2, -0.15) is 0 Å². The monoisotopic (exact) mass is 303 g/mol. The normalized spacial score (nSPS) is 9.69. The summed E-state index contributed by atoms with van der Waals surface area (Å²) < 4.78 is 0.884. The van der Waals surface area contributed by atoms with Gasteiger partial charge in [-0.1, -0.05) is 27.5 Å². The third-order valence-electron chi connectivity index (χ3n) is 1.77. The van der Waals surface area contributed by atoms with Crippen molar-refractivity contribution in [3.8, 4) is 0 Å². The van der Waals surface area contributed by atoms with Crippen molar-refractivity contribution in [1.82, 2.24) is 5.32 Å². The van der Waals surface area contributed by atoms with Gasteiger partial charge in [0, 0.05) is 4.47 Å². The predicted molar refractivity (Wildman–Crippen MR) is 70.3 cm³/mol. The average Bonchev–Trinajstić information content (AvgIpc) is 2.12. The number of guanidine groups is 2. The summed E-state index contributed by atoms with van der Waals surface area (Å²) >= 11 is 9.35. The van der Waals surface area contributed by atoms with Crippen molar-refractivity contribution in [2.24, 2.45) is 5.73 Å². The number of nitrogens with two attached hydrogens (primary N) is 1. The van der Waals surface area contributed by atoms with Gasteiger partial charge < -0.3 is 11.1 Å². The van der Waals surface area contributed by atoms with Crippen LogP contribution in [0.3, 0.4) is 0 Å². The van der Waals surface area contributed by atoms with E-state index in [2.05, 4.69) is 26.6 Å².